The molecule has 1 N–H and O–H groups in total. The van der Waals surface area contributed by atoms with E-state index in [2.05, 4.69) is 74.8 Å². The summed E-state index contributed by atoms with van der Waals surface area (Å²) in [5.41, 5.74) is 3.67. The zero-order valence-electron chi connectivity index (χ0n) is 14.3. The van der Waals surface area contributed by atoms with Crippen LogP contribution in [0.2, 0.25) is 0 Å². The van der Waals surface area contributed by atoms with Gasteiger partial charge in [0.1, 0.15) is 11.9 Å². The number of aromatic hydroxyl groups is 1. The van der Waals surface area contributed by atoms with Crippen molar-refractivity contribution in [2.75, 3.05) is 5.33 Å². The summed E-state index contributed by atoms with van der Waals surface area (Å²) < 4.78 is 0. The van der Waals surface area contributed by atoms with Crippen molar-refractivity contribution < 1.29 is 9.94 Å². The molecule has 1 heterocycles. The van der Waals surface area contributed by atoms with Crippen LogP contribution < -0.4 is 0 Å². The van der Waals surface area contributed by atoms with Gasteiger partial charge in [0.05, 0.1) is 5.71 Å². The smallest absolute Gasteiger partial charge is 0.142 e. The summed E-state index contributed by atoms with van der Waals surface area (Å²) in [5, 5.41) is 15.8. The average molecular weight is 368 g/mol. The van der Waals surface area contributed by atoms with Gasteiger partial charge in [-0.2, -0.15) is 0 Å². The summed E-state index contributed by atoms with van der Waals surface area (Å²) in [4.78, 5) is 5.43. The number of oxime groups is 1. The van der Waals surface area contributed by atoms with Crippen LogP contribution in [0.1, 0.15) is 64.7 Å². The van der Waals surface area contributed by atoms with E-state index in [1.807, 2.05) is 0 Å². The lowest BCUT2D eigenvalue weighted by Crippen LogP contribution is -2.19. The topological polar surface area (TPSA) is 41.8 Å². The number of rotatable bonds is 2. The van der Waals surface area contributed by atoms with Crippen LogP contribution in [-0.2, 0) is 15.7 Å². The van der Waals surface area contributed by atoms with Gasteiger partial charge in [0.25, 0.3) is 0 Å². The molecular weight excluding hydrogens is 342 g/mol. The second kappa shape index (κ2) is 5.88. The van der Waals surface area contributed by atoms with Crippen LogP contribution in [0.25, 0.3) is 0 Å². The molecule has 1 aromatic rings. The molecule has 1 atom stereocenters. The van der Waals surface area contributed by atoms with Crippen molar-refractivity contribution in [3.8, 4) is 5.75 Å². The molecule has 0 spiro atoms. The lowest BCUT2D eigenvalue weighted by molar-refractivity contribution is 0.104. The lowest BCUT2D eigenvalue weighted by atomic mass is 9.78. The van der Waals surface area contributed by atoms with Crippen LogP contribution >= 0.6 is 15.9 Å². The minimum Gasteiger partial charge on any atom is -0.507 e. The molecule has 0 aromatic heterocycles. The number of nitrogens with zero attached hydrogens (tertiary/aromatic N) is 1. The molecule has 0 fully saturated rings. The van der Waals surface area contributed by atoms with E-state index in [0.717, 1.165) is 34.2 Å². The molecule has 1 aliphatic heterocycles. The van der Waals surface area contributed by atoms with Crippen LogP contribution in [0.5, 0.6) is 5.75 Å². The average Bonchev–Trinajstić information content (AvgIpc) is 2.85. The normalized spacial score (nSPS) is 19.0. The fourth-order valence-electron chi connectivity index (χ4n) is 2.63. The molecule has 1 aliphatic rings. The number of phenols is 1. The second-order valence-electron chi connectivity index (χ2n) is 8.04. The molecule has 1 aromatic carbocycles. The molecule has 1 unspecified atom stereocenters. The fraction of sp³-hybridized carbons (Fsp3) is 0.611. The minimum absolute atomic E-state index is 0.0972. The quantitative estimate of drug-likeness (QED) is 0.757. The third-order valence-electron chi connectivity index (χ3n) is 3.96. The summed E-state index contributed by atoms with van der Waals surface area (Å²) in [6.45, 7) is 12.7. The van der Waals surface area contributed by atoms with Crippen molar-refractivity contribution in [3.05, 3.63) is 28.8 Å². The highest BCUT2D eigenvalue weighted by molar-refractivity contribution is 9.09. The molecule has 22 heavy (non-hydrogen) atoms. The molecule has 3 nitrogen and oxygen atoms in total. The third kappa shape index (κ3) is 3.48. The molecule has 122 valence electrons. The van der Waals surface area contributed by atoms with E-state index in [-0.39, 0.29) is 16.9 Å². The van der Waals surface area contributed by atoms with E-state index < -0.39 is 0 Å². The highest BCUT2D eigenvalue weighted by Crippen LogP contribution is 2.40. The fourth-order valence-corrected chi connectivity index (χ4v) is 2.97. The first kappa shape index (κ1) is 17.3. The van der Waals surface area contributed by atoms with E-state index >= 15 is 0 Å². The Labute approximate surface area is 141 Å². The van der Waals surface area contributed by atoms with Crippen LogP contribution in [0.3, 0.4) is 0 Å². The Kier molecular flexibility index (Phi) is 4.63. The summed E-state index contributed by atoms with van der Waals surface area (Å²) in [6, 6.07) is 4.12. The lowest BCUT2D eigenvalue weighted by Gasteiger charge is -2.28. The van der Waals surface area contributed by atoms with Crippen molar-refractivity contribution in [2.45, 2.75) is 64.9 Å². The summed E-state index contributed by atoms with van der Waals surface area (Å²) >= 11 is 3.44. The first-order valence-corrected chi connectivity index (χ1v) is 8.83. The van der Waals surface area contributed by atoms with Gasteiger partial charge < -0.3 is 9.94 Å². The van der Waals surface area contributed by atoms with Gasteiger partial charge in [-0.1, -0.05) is 62.6 Å². The van der Waals surface area contributed by atoms with Crippen molar-refractivity contribution in [2.24, 2.45) is 5.16 Å². The molecule has 0 bridgehead atoms. The molecule has 0 radical (unpaired) electrons. The summed E-state index contributed by atoms with van der Waals surface area (Å²) in [6.07, 6.45) is 0.892. The number of halogens is 1. The first-order valence-electron chi connectivity index (χ1n) is 7.71. The van der Waals surface area contributed by atoms with Gasteiger partial charge in [0.15, 0.2) is 0 Å². The van der Waals surface area contributed by atoms with Gasteiger partial charge in [0, 0.05) is 28.4 Å². The van der Waals surface area contributed by atoms with Crippen LogP contribution in [-0.4, -0.2) is 22.3 Å². The van der Waals surface area contributed by atoms with E-state index in [1.165, 1.54) is 0 Å². The Morgan fingerprint density at radius 3 is 2.00 bits per heavy atom. The standard InChI is InChI=1S/C18H26BrNO2/c1-17(2,3)13-7-11(15-9-12(10-19)22-20-15)8-14(16(13)21)18(4,5)6/h7-8,12,21H,9-10H2,1-6H3. The van der Waals surface area contributed by atoms with Crippen LogP contribution in [0, 0.1) is 0 Å². The van der Waals surface area contributed by atoms with E-state index in [1.54, 1.807) is 0 Å². The monoisotopic (exact) mass is 367 g/mol. The zero-order chi connectivity index (χ0) is 16.7. The number of hydrogen-bond donors (Lipinski definition) is 1. The Bertz CT molecular complexity index is 559. The van der Waals surface area contributed by atoms with Crippen molar-refractivity contribution in [1.29, 1.82) is 0 Å². The Morgan fingerprint density at radius 2 is 1.64 bits per heavy atom. The van der Waals surface area contributed by atoms with Gasteiger partial charge in [-0.25, -0.2) is 0 Å². The number of hydrogen-bond acceptors (Lipinski definition) is 3. The van der Waals surface area contributed by atoms with Gasteiger partial charge >= 0.3 is 0 Å². The van der Waals surface area contributed by atoms with Crippen molar-refractivity contribution in [3.63, 3.8) is 0 Å². The number of phenolic OH excluding ortho intramolecular Hbond substituents is 1. The Hall–Kier alpha value is -1.03. The molecule has 2 rings (SSSR count). The number of alkyl halides is 1. The van der Waals surface area contributed by atoms with Gasteiger partial charge in [-0.3, -0.25) is 0 Å². The molecule has 0 saturated carbocycles. The molecule has 0 saturated heterocycles. The highest BCUT2D eigenvalue weighted by atomic mass is 79.9. The molecule has 0 amide bonds. The minimum atomic E-state index is -0.130. The van der Waals surface area contributed by atoms with E-state index in [0.29, 0.717) is 5.75 Å². The summed E-state index contributed by atoms with van der Waals surface area (Å²) in [7, 11) is 0. The van der Waals surface area contributed by atoms with E-state index in [4.69, 9.17) is 4.84 Å². The first-order chi connectivity index (χ1) is 10.0. The third-order valence-corrected chi connectivity index (χ3v) is 4.69. The predicted molar refractivity (Wildman–Crippen MR) is 95.3 cm³/mol. The Balaban J connectivity index is 2.57. The van der Waals surface area contributed by atoms with Crippen LogP contribution in [0.4, 0.5) is 0 Å². The zero-order valence-corrected chi connectivity index (χ0v) is 15.9. The maximum atomic E-state index is 10.7. The summed E-state index contributed by atoms with van der Waals surface area (Å²) in [5.74, 6) is 0.403. The Morgan fingerprint density at radius 1 is 1.14 bits per heavy atom. The van der Waals surface area contributed by atoms with Crippen molar-refractivity contribution in [1.82, 2.24) is 0 Å². The van der Waals surface area contributed by atoms with E-state index in [9.17, 15) is 5.11 Å². The molecule has 0 aliphatic carbocycles. The molecular formula is C18H26BrNO2. The maximum absolute atomic E-state index is 10.7. The molecule has 4 heteroatoms. The largest absolute Gasteiger partial charge is 0.507 e. The van der Waals surface area contributed by atoms with Gasteiger partial charge in [-0.05, 0) is 23.0 Å². The second-order valence-corrected chi connectivity index (χ2v) is 8.69. The van der Waals surface area contributed by atoms with Crippen LogP contribution in [0.15, 0.2) is 17.3 Å². The van der Waals surface area contributed by atoms with Crippen molar-refractivity contribution >= 4 is 21.6 Å². The number of benzene rings is 1. The van der Waals surface area contributed by atoms with Gasteiger partial charge in [-0.15, -0.1) is 0 Å². The SMILES string of the molecule is CC(C)(C)c1cc(C2=NOC(CBr)C2)cc(C(C)(C)C)c1O. The highest BCUT2D eigenvalue weighted by Gasteiger charge is 2.29. The maximum Gasteiger partial charge on any atom is 0.142 e. The van der Waals surface area contributed by atoms with Gasteiger partial charge in [0.2, 0.25) is 0 Å². The predicted octanol–water partition coefficient (Wildman–Crippen LogP) is 4.88.